The zero-order chi connectivity index (χ0) is 10.5. The highest BCUT2D eigenvalue weighted by atomic mass is 15.1. The predicted octanol–water partition coefficient (Wildman–Crippen LogP) is 2.10. The molecular formula is C12H19N3. The third-order valence-corrected chi connectivity index (χ3v) is 3.29. The van der Waals surface area contributed by atoms with Crippen LogP contribution in [0.3, 0.4) is 0 Å². The topological polar surface area (TPSA) is 29.0 Å². The molecule has 2 rings (SSSR count). The Hall–Kier alpha value is -0.960. The molecule has 0 spiro atoms. The van der Waals surface area contributed by atoms with Gasteiger partial charge < -0.3 is 0 Å². The summed E-state index contributed by atoms with van der Waals surface area (Å²) in [5.74, 6) is 0.947. The number of aromatic nitrogens is 2. The van der Waals surface area contributed by atoms with E-state index in [1.165, 1.54) is 32.4 Å². The molecule has 1 saturated heterocycles. The zero-order valence-corrected chi connectivity index (χ0v) is 9.39. The minimum atomic E-state index is 0.947. The lowest BCUT2D eigenvalue weighted by Crippen LogP contribution is -2.33. The van der Waals surface area contributed by atoms with Crippen molar-refractivity contribution in [2.75, 3.05) is 13.1 Å². The summed E-state index contributed by atoms with van der Waals surface area (Å²) in [6.07, 6.45) is 9.39. The van der Waals surface area contributed by atoms with E-state index in [1.54, 1.807) is 12.4 Å². The largest absolute Gasteiger partial charge is 0.297 e. The molecule has 0 aromatic carbocycles. The van der Waals surface area contributed by atoms with Gasteiger partial charge >= 0.3 is 0 Å². The summed E-state index contributed by atoms with van der Waals surface area (Å²) < 4.78 is 0. The minimum Gasteiger partial charge on any atom is -0.297 e. The number of piperidine rings is 1. The van der Waals surface area contributed by atoms with E-state index in [2.05, 4.69) is 21.8 Å². The van der Waals surface area contributed by atoms with Crippen LogP contribution in [0.25, 0.3) is 0 Å². The average Bonchev–Trinajstić information content (AvgIpc) is 2.31. The monoisotopic (exact) mass is 205 g/mol. The fraction of sp³-hybridized carbons (Fsp3) is 0.667. The smallest absolute Gasteiger partial charge is 0.0726 e. The van der Waals surface area contributed by atoms with Crippen LogP contribution in [0.4, 0.5) is 0 Å². The van der Waals surface area contributed by atoms with Crippen molar-refractivity contribution >= 4 is 0 Å². The number of hydrogen-bond acceptors (Lipinski definition) is 3. The molecular weight excluding hydrogens is 186 g/mol. The van der Waals surface area contributed by atoms with Gasteiger partial charge in [-0.05, 0) is 31.8 Å². The highest BCUT2D eigenvalue weighted by molar-refractivity contribution is 4.94. The van der Waals surface area contributed by atoms with Gasteiger partial charge in [0.15, 0.2) is 0 Å². The van der Waals surface area contributed by atoms with Gasteiger partial charge in [-0.25, -0.2) is 0 Å². The summed E-state index contributed by atoms with van der Waals surface area (Å²) in [7, 11) is 0. The van der Waals surface area contributed by atoms with Crippen molar-refractivity contribution in [1.82, 2.24) is 14.9 Å². The van der Waals surface area contributed by atoms with Crippen LogP contribution < -0.4 is 0 Å². The SMILES string of the molecule is CCC1CCN(Cc2cnccn2)CC1. The number of likely N-dealkylation sites (tertiary alicyclic amines) is 1. The van der Waals surface area contributed by atoms with Gasteiger partial charge in [-0.2, -0.15) is 0 Å². The molecule has 1 aliphatic heterocycles. The molecule has 1 aromatic rings. The molecule has 3 nitrogen and oxygen atoms in total. The lowest BCUT2D eigenvalue weighted by Gasteiger charge is -2.30. The number of rotatable bonds is 3. The Morgan fingerprint density at radius 1 is 1.33 bits per heavy atom. The Bertz CT molecular complexity index is 278. The van der Waals surface area contributed by atoms with Gasteiger partial charge in [-0.3, -0.25) is 14.9 Å². The Morgan fingerprint density at radius 2 is 2.13 bits per heavy atom. The molecule has 3 heteroatoms. The van der Waals surface area contributed by atoms with Crippen LogP contribution in [0.15, 0.2) is 18.6 Å². The van der Waals surface area contributed by atoms with Crippen molar-refractivity contribution in [2.45, 2.75) is 32.7 Å². The van der Waals surface area contributed by atoms with E-state index >= 15 is 0 Å². The maximum Gasteiger partial charge on any atom is 0.0726 e. The summed E-state index contributed by atoms with van der Waals surface area (Å²) in [4.78, 5) is 10.9. The van der Waals surface area contributed by atoms with Crippen molar-refractivity contribution in [1.29, 1.82) is 0 Å². The van der Waals surface area contributed by atoms with Crippen molar-refractivity contribution in [3.8, 4) is 0 Å². The molecule has 1 aliphatic rings. The molecule has 0 unspecified atom stereocenters. The lowest BCUT2D eigenvalue weighted by molar-refractivity contribution is 0.173. The standard InChI is InChI=1S/C12H19N3/c1-2-11-3-7-15(8-4-11)10-12-9-13-5-6-14-12/h5-6,9,11H,2-4,7-8,10H2,1H3. The Balaban J connectivity index is 1.82. The lowest BCUT2D eigenvalue weighted by atomic mass is 9.94. The van der Waals surface area contributed by atoms with Crippen LogP contribution in [0.5, 0.6) is 0 Å². The third-order valence-electron chi connectivity index (χ3n) is 3.29. The van der Waals surface area contributed by atoms with E-state index in [1.807, 2.05) is 6.20 Å². The first kappa shape index (κ1) is 10.6. The first-order valence-corrected chi connectivity index (χ1v) is 5.85. The second kappa shape index (κ2) is 5.21. The highest BCUT2D eigenvalue weighted by Gasteiger charge is 2.17. The van der Waals surface area contributed by atoms with E-state index < -0.39 is 0 Å². The van der Waals surface area contributed by atoms with Crippen LogP contribution in [0, 0.1) is 5.92 Å². The molecule has 1 fully saturated rings. The van der Waals surface area contributed by atoms with Crippen LogP contribution in [0.2, 0.25) is 0 Å². The third kappa shape index (κ3) is 2.99. The van der Waals surface area contributed by atoms with E-state index in [0.29, 0.717) is 0 Å². The van der Waals surface area contributed by atoms with Crippen molar-refractivity contribution in [3.63, 3.8) is 0 Å². The minimum absolute atomic E-state index is 0.947. The Kier molecular flexibility index (Phi) is 3.67. The molecule has 0 aliphatic carbocycles. The summed E-state index contributed by atoms with van der Waals surface area (Å²) >= 11 is 0. The maximum absolute atomic E-state index is 4.31. The molecule has 0 saturated carbocycles. The zero-order valence-electron chi connectivity index (χ0n) is 9.39. The summed E-state index contributed by atoms with van der Waals surface area (Å²) in [5.41, 5.74) is 1.09. The Morgan fingerprint density at radius 3 is 2.73 bits per heavy atom. The fourth-order valence-electron chi connectivity index (χ4n) is 2.19. The molecule has 15 heavy (non-hydrogen) atoms. The predicted molar refractivity (Wildman–Crippen MR) is 60.3 cm³/mol. The second-order valence-corrected chi connectivity index (χ2v) is 4.32. The maximum atomic E-state index is 4.31. The van der Waals surface area contributed by atoms with Crippen molar-refractivity contribution in [3.05, 3.63) is 24.3 Å². The van der Waals surface area contributed by atoms with Crippen LogP contribution >= 0.6 is 0 Å². The quantitative estimate of drug-likeness (QED) is 0.756. The first-order chi connectivity index (χ1) is 7.38. The van der Waals surface area contributed by atoms with E-state index in [9.17, 15) is 0 Å². The van der Waals surface area contributed by atoms with Gasteiger partial charge in [0, 0.05) is 25.1 Å². The molecule has 0 atom stereocenters. The molecule has 0 radical (unpaired) electrons. The molecule has 2 heterocycles. The van der Waals surface area contributed by atoms with Crippen LogP contribution in [-0.2, 0) is 6.54 Å². The molecule has 0 amide bonds. The molecule has 0 bridgehead atoms. The summed E-state index contributed by atoms with van der Waals surface area (Å²) in [5, 5.41) is 0. The van der Waals surface area contributed by atoms with E-state index in [-0.39, 0.29) is 0 Å². The summed E-state index contributed by atoms with van der Waals surface area (Å²) in [6, 6.07) is 0. The average molecular weight is 205 g/mol. The summed E-state index contributed by atoms with van der Waals surface area (Å²) in [6.45, 7) is 5.69. The van der Waals surface area contributed by atoms with Gasteiger partial charge in [-0.1, -0.05) is 13.3 Å². The number of nitrogens with zero attached hydrogens (tertiary/aromatic N) is 3. The van der Waals surface area contributed by atoms with Gasteiger partial charge in [0.25, 0.3) is 0 Å². The Labute approximate surface area is 91.5 Å². The molecule has 0 N–H and O–H groups in total. The van der Waals surface area contributed by atoms with Gasteiger partial charge in [0.1, 0.15) is 0 Å². The van der Waals surface area contributed by atoms with Crippen molar-refractivity contribution in [2.24, 2.45) is 5.92 Å². The fourth-order valence-corrected chi connectivity index (χ4v) is 2.19. The second-order valence-electron chi connectivity index (χ2n) is 4.32. The molecule has 1 aromatic heterocycles. The van der Waals surface area contributed by atoms with E-state index in [0.717, 1.165) is 18.2 Å². The highest BCUT2D eigenvalue weighted by Crippen LogP contribution is 2.20. The van der Waals surface area contributed by atoms with Gasteiger partial charge in [0.05, 0.1) is 5.69 Å². The normalized spacial score (nSPS) is 19.3. The van der Waals surface area contributed by atoms with Crippen LogP contribution in [-0.4, -0.2) is 28.0 Å². The first-order valence-electron chi connectivity index (χ1n) is 5.85. The molecule has 82 valence electrons. The van der Waals surface area contributed by atoms with Crippen LogP contribution in [0.1, 0.15) is 31.9 Å². The van der Waals surface area contributed by atoms with Gasteiger partial charge in [-0.15, -0.1) is 0 Å². The number of hydrogen-bond donors (Lipinski definition) is 0. The van der Waals surface area contributed by atoms with Crippen molar-refractivity contribution < 1.29 is 0 Å². The van der Waals surface area contributed by atoms with E-state index in [4.69, 9.17) is 0 Å². The van der Waals surface area contributed by atoms with Gasteiger partial charge in [0.2, 0.25) is 0 Å².